The fraction of sp³-hybridized carbons (Fsp3) is 0.600. The Labute approximate surface area is 115 Å². The molecule has 1 fully saturated rings. The highest BCUT2D eigenvalue weighted by molar-refractivity contribution is 7.91. The van der Waals surface area contributed by atoms with E-state index in [-0.39, 0.29) is 17.2 Å². The summed E-state index contributed by atoms with van der Waals surface area (Å²) in [5.74, 6) is 0.751. The molecule has 1 aliphatic heterocycles. The van der Waals surface area contributed by atoms with Crippen LogP contribution in [0.5, 0.6) is 0 Å². The largest absolute Gasteiger partial charge is 0.325 e. The van der Waals surface area contributed by atoms with Gasteiger partial charge < -0.3 is 5.73 Å². The van der Waals surface area contributed by atoms with Gasteiger partial charge in [0.15, 0.2) is 9.84 Å². The van der Waals surface area contributed by atoms with Crippen molar-refractivity contribution in [2.75, 3.05) is 5.75 Å². The molecule has 4 heteroatoms. The van der Waals surface area contributed by atoms with Crippen LogP contribution in [-0.4, -0.2) is 19.7 Å². The number of nitrogens with two attached hydrogens (primary N) is 1. The van der Waals surface area contributed by atoms with Gasteiger partial charge in [-0.1, -0.05) is 38.0 Å². The average Bonchev–Trinajstić information content (AvgIpc) is 2.63. The highest BCUT2D eigenvalue weighted by atomic mass is 32.2. The molecule has 19 heavy (non-hydrogen) atoms. The summed E-state index contributed by atoms with van der Waals surface area (Å²) in [5, 5.41) is 0. The average molecular weight is 279 g/mol. The Morgan fingerprint density at radius 1 is 1.32 bits per heavy atom. The van der Waals surface area contributed by atoms with E-state index in [1.54, 1.807) is 12.1 Å². The lowest BCUT2D eigenvalue weighted by molar-refractivity contribution is 0.208. The first-order chi connectivity index (χ1) is 8.92. The van der Waals surface area contributed by atoms with E-state index in [0.29, 0.717) is 10.8 Å². The van der Waals surface area contributed by atoms with Crippen LogP contribution in [0.25, 0.3) is 0 Å². The Hall–Kier alpha value is -0.870. The van der Waals surface area contributed by atoms with Crippen molar-refractivity contribution in [1.29, 1.82) is 0 Å². The minimum Gasteiger partial charge on any atom is -0.325 e. The van der Waals surface area contributed by atoms with Crippen molar-refractivity contribution in [2.24, 2.45) is 11.7 Å². The molecule has 104 valence electrons. The van der Waals surface area contributed by atoms with Crippen molar-refractivity contribution in [2.45, 2.75) is 49.0 Å². The third-order valence-electron chi connectivity index (χ3n) is 4.78. The zero-order valence-electron chi connectivity index (χ0n) is 11.3. The smallest absolute Gasteiger partial charge is 0.179 e. The van der Waals surface area contributed by atoms with Crippen molar-refractivity contribution >= 4 is 9.84 Å². The maximum Gasteiger partial charge on any atom is 0.179 e. The Kier molecular flexibility index (Phi) is 2.98. The highest BCUT2D eigenvalue weighted by Crippen LogP contribution is 2.46. The number of sulfone groups is 1. The molecule has 0 bridgehead atoms. The Morgan fingerprint density at radius 3 is 2.79 bits per heavy atom. The zero-order valence-corrected chi connectivity index (χ0v) is 12.1. The third kappa shape index (κ3) is 2.11. The van der Waals surface area contributed by atoms with E-state index < -0.39 is 9.84 Å². The highest BCUT2D eigenvalue weighted by Gasteiger charge is 2.46. The molecule has 1 aromatic carbocycles. The van der Waals surface area contributed by atoms with Gasteiger partial charge >= 0.3 is 0 Å². The van der Waals surface area contributed by atoms with Crippen molar-refractivity contribution in [3.63, 3.8) is 0 Å². The quantitative estimate of drug-likeness (QED) is 0.859. The normalized spacial score (nSPS) is 36.9. The molecule has 0 saturated heterocycles. The lowest BCUT2D eigenvalue weighted by atomic mass is 9.68. The fourth-order valence-electron chi connectivity index (χ4n) is 3.88. The molecule has 0 amide bonds. The number of hydrogen-bond acceptors (Lipinski definition) is 3. The topological polar surface area (TPSA) is 60.2 Å². The van der Waals surface area contributed by atoms with E-state index in [1.165, 1.54) is 6.42 Å². The molecule has 1 saturated carbocycles. The van der Waals surface area contributed by atoms with Gasteiger partial charge in [-0.15, -0.1) is 0 Å². The molecule has 1 heterocycles. The number of benzene rings is 1. The van der Waals surface area contributed by atoms with Crippen LogP contribution in [0.3, 0.4) is 0 Å². The van der Waals surface area contributed by atoms with Gasteiger partial charge in [0.05, 0.1) is 10.6 Å². The molecule has 2 aliphatic rings. The second-order valence-electron chi connectivity index (χ2n) is 6.31. The zero-order chi connectivity index (χ0) is 13.7. The van der Waals surface area contributed by atoms with Crippen LogP contribution in [0.4, 0.5) is 0 Å². The van der Waals surface area contributed by atoms with Gasteiger partial charge in [-0.05, 0) is 30.4 Å². The number of hydrogen-bond donors (Lipinski definition) is 1. The summed E-state index contributed by atoms with van der Waals surface area (Å²) >= 11 is 0. The SMILES string of the molecule is CC1CCCC(N)(C2CS(=O)(=O)c3ccccc32)C1. The first kappa shape index (κ1) is 13.1. The summed E-state index contributed by atoms with van der Waals surface area (Å²) < 4.78 is 24.5. The lowest BCUT2D eigenvalue weighted by Gasteiger charge is -2.41. The van der Waals surface area contributed by atoms with Crippen LogP contribution in [0.2, 0.25) is 0 Å². The third-order valence-corrected chi connectivity index (χ3v) is 6.59. The fourth-order valence-corrected chi connectivity index (χ4v) is 5.86. The van der Waals surface area contributed by atoms with E-state index in [0.717, 1.165) is 24.8 Å². The summed E-state index contributed by atoms with van der Waals surface area (Å²) in [4.78, 5) is 0.503. The standard InChI is InChI=1S/C15H21NO2S/c1-11-5-4-8-15(16,9-11)13-10-19(17,18)14-7-3-2-6-12(13)14/h2-3,6-7,11,13H,4-5,8-10,16H2,1H3. The molecule has 3 rings (SSSR count). The van der Waals surface area contributed by atoms with Crippen molar-refractivity contribution < 1.29 is 8.42 Å². The van der Waals surface area contributed by atoms with Gasteiger partial charge in [-0.3, -0.25) is 0 Å². The molecule has 3 atom stereocenters. The van der Waals surface area contributed by atoms with Gasteiger partial charge in [-0.2, -0.15) is 0 Å². The molecular formula is C15H21NO2S. The van der Waals surface area contributed by atoms with Crippen molar-refractivity contribution in [3.8, 4) is 0 Å². The number of rotatable bonds is 1. The second-order valence-corrected chi connectivity index (χ2v) is 8.31. The second kappa shape index (κ2) is 4.32. The summed E-state index contributed by atoms with van der Waals surface area (Å²) in [7, 11) is -3.14. The van der Waals surface area contributed by atoms with Gasteiger partial charge in [0, 0.05) is 11.5 Å². The monoisotopic (exact) mass is 279 g/mol. The van der Waals surface area contributed by atoms with Crippen molar-refractivity contribution in [3.05, 3.63) is 29.8 Å². The maximum atomic E-state index is 12.3. The first-order valence-corrected chi connectivity index (χ1v) is 8.68. The minimum atomic E-state index is -3.14. The van der Waals surface area contributed by atoms with E-state index in [2.05, 4.69) is 6.92 Å². The van der Waals surface area contributed by atoms with Gasteiger partial charge in [0.2, 0.25) is 0 Å². The lowest BCUT2D eigenvalue weighted by Crippen LogP contribution is -2.49. The van der Waals surface area contributed by atoms with E-state index in [4.69, 9.17) is 5.73 Å². The first-order valence-electron chi connectivity index (χ1n) is 7.03. The Balaban J connectivity index is 2.04. The predicted octanol–water partition coefficient (Wildman–Crippen LogP) is 2.47. The molecule has 0 aromatic heterocycles. The Morgan fingerprint density at radius 2 is 2.05 bits per heavy atom. The van der Waals surface area contributed by atoms with Crippen LogP contribution in [0.15, 0.2) is 29.2 Å². The molecule has 3 unspecified atom stereocenters. The molecule has 2 N–H and O–H groups in total. The van der Waals surface area contributed by atoms with Crippen LogP contribution in [-0.2, 0) is 9.84 Å². The molecular weight excluding hydrogens is 258 g/mol. The van der Waals surface area contributed by atoms with E-state index in [9.17, 15) is 8.42 Å². The Bertz CT molecular complexity index is 596. The molecule has 1 aromatic rings. The van der Waals surface area contributed by atoms with Crippen LogP contribution >= 0.6 is 0 Å². The number of fused-ring (bicyclic) bond motifs is 1. The summed E-state index contributed by atoms with van der Waals surface area (Å²) in [6.45, 7) is 2.22. The van der Waals surface area contributed by atoms with Gasteiger partial charge in [0.25, 0.3) is 0 Å². The van der Waals surface area contributed by atoms with Gasteiger partial charge in [-0.25, -0.2) is 8.42 Å². The predicted molar refractivity (Wildman–Crippen MR) is 75.8 cm³/mol. The molecule has 0 spiro atoms. The maximum absolute atomic E-state index is 12.3. The van der Waals surface area contributed by atoms with Crippen molar-refractivity contribution in [1.82, 2.24) is 0 Å². The minimum absolute atomic E-state index is 0.0311. The summed E-state index contributed by atoms with van der Waals surface area (Å²) in [6.07, 6.45) is 4.18. The van der Waals surface area contributed by atoms with Crippen LogP contribution < -0.4 is 5.73 Å². The van der Waals surface area contributed by atoms with Gasteiger partial charge in [0.1, 0.15) is 0 Å². The molecule has 3 nitrogen and oxygen atoms in total. The van der Waals surface area contributed by atoms with Crippen LogP contribution in [0, 0.1) is 5.92 Å². The molecule has 1 aliphatic carbocycles. The summed E-state index contributed by atoms with van der Waals surface area (Å²) in [6, 6.07) is 7.38. The summed E-state index contributed by atoms with van der Waals surface area (Å²) in [5.41, 5.74) is 7.22. The van der Waals surface area contributed by atoms with Crippen LogP contribution in [0.1, 0.15) is 44.1 Å². The van der Waals surface area contributed by atoms with E-state index >= 15 is 0 Å². The van der Waals surface area contributed by atoms with E-state index in [1.807, 2.05) is 12.1 Å². The molecule has 0 radical (unpaired) electrons.